The van der Waals surface area contributed by atoms with Crippen molar-refractivity contribution < 1.29 is 28.6 Å². The number of H-pyrrole nitrogens is 1. The minimum Gasteiger partial charge on any atom is -0.480 e. The lowest BCUT2D eigenvalue weighted by Crippen LogP contribution is -2.48. The summed E-state index contributed by atoms with van der Waals surface area (Å²) in [6, 6.07) is 14.0. The molecule has 50 heavy (non-hydrogen) atoms. The quantitative estimate of drug-likeness (QED) is 0.166. The van der Waals surface area contributed by atoms with Crippen molar-refractivity contribution in [2.24, 2.45) is 11.8 Å². The Hall–Kier alpha value is -5.60. The number of anilines is 1. The fourth-order valence-electron chi connectivity index (χ4n) is 5.74. The van der Waals surface area contributed by atoms with Crippen LogP contribution in [0.5, 0.6) is 11.9 Å². The molecular formula is C35H43N9O6. The van der Waals surface area contributed by atoms with Crippen LogP contribution in [0.1, 0.15) is 52.0 Å². The maximum Gasteiger partial charge on any atom is 0.407 e. The summed E-state index contributed by atoms with van der Waals surface area (Å²) in [7, 11) is 3.01. The van der Waals surface area contributed by atoms with Crippen molar-refractivity contribution in [3.8, 4) is 34.4 Å². The van der Waals surface area contributed by atoms with E-state index in [1.54, 1.807) is 30.5 Å². The van der Waals surface area contributed by atoms with Crippen LogP contribution in [-0.4, -0.2) is 80.9 Å². The average Bonchev–Trinajstić information content (AvgIpc) is 3.66. The number of carbonyl (C=O) groups excluding carboxylic acids is 3. The van der Waals surface area contributed by atoms with Crippen LogP contribution in [-0.2, 0) is 20.7 Å². The third-order valence-electron chi connectivity index (χ3n) is 8.35. The lowest BCUT2D eigenvalue weighted by Gasteiger charge is -2.29. The Labute approximate surface area is 290 Å². The Bertz CT molecular complexity index is 1730. The molecule has 2 heterocycles. The van der Waals surface area contributed by atoms with E-state index in [0.29, 0.717) is 42.3 Å². The Morgan fingerprint density at radius 3 is 2.26 bits per heavy atom. The average molecular weight is 686 g/mol. The van der Waals surface area contributed by atoms with Gasteiger partial charge in [0, 0.05) is 36.3 Å². The number of methoxy groups -OCH3 is 2. The molecule has 15 heteroatoms. The van der Waals surface area contributed by atoms with Gasteiger partial charge in [-0.25, -0.2) is 9.78 Å². The van der Waals surface area contributed by atoms with Gasteiger partial charge in [0.1, 0.15) is 11.6 Å². The van der Waals surface area contributed by atoms with E-state index in [1.165, 1.54) is 14.2 Å². The largest absolute Gasteiger partial charge is 0.480 e. The van der Waals surface area contributed by atoms with E-state index in [2.05, 4.69) is 46.5 Å². The minimum atomic E-state index is -0.851. The highest BCUT2D eigenvalue weighted by molar-refractivity contribution is 5.97. The molecule has 15 nitrogen and oxygen atoms in total. The Morgan fingerprint density at radius 2 is 1.64 bits per heavy atom. The molecule has 2 aromatic heterocycles. The van der Waals surface area contributed by atoms with E-state index >= 15 is 0 Å². The van der Waals surface area contributed by atoms with E-state index < -0.39 is 17.7 Å². The first kappa shape index (κ1) is 35.7. The van der Waals surface area contributed by atoms with Crippen molar-refractivity contribution in [3.63, 3.8) is 0 Å². The number of nitrogens with one attached hydrogen (secondary N) is 4. The van der Waals surface area contributed by atoms with Crippen molar-refractivity contribution in [1.82, 2.24) is 41.2 Å². The number of hydrogen-bond donors (Lipinski definition) is 4. The van der Waals surface area contributed by atoms with Gasteiger partial charge in [-0.1, -0.05) is 24.3 Å². The lowest BCUT2D eigenvalue weighted by molar-refractivity contribution is -0.130. The summed E-state index contributed by atoms with van der Waals surface area (Å²) in [4.78, 5) is 47.9. The van der Waals surface area contributed by atoms with Crippen LogP contribution in [0.25, 0.3) is 22.5 Å². The van der Waals surface area contributed by atoms with Crippen molar-refractivity contribution in [2.75, 3.05) is 26.1 Å². The van der Waals surface area contributed by atoms with Gasteiger partial charge in [-0.3, -0.25) is 9.59 Å². The Balaban J connectivity index is 1.25. The monoisotopic (exact) mass is 685 g/mol. The maximum atomic E-state index is 13.7. The molecule has 1 aliphatic rings. The van der Waals surface area contributed by atoms with Crippen LogP contribution in [0.2, 0.25) is 0 Å². The number of ether oxygens (including phenoxy) is 3. The molecular weight excluding hydrogens is 642 g/mol. The molecule has 1 unspecified atom stereocenters. The fraction of sp³-hybridized carbons (Fsp3) is 0.429. The van der Waals surface area contributed by atoms with Gasteiger partial charge >= 0.3 is 12.1 Å². The number of benzene rings is 2. The first-order valence-electron chi connectivity index (χ1n) is 16.5. The smallest absolute Gasteiger partial charge is 0.407 e. The van der Waals surface area contributed by atoms with Crippen LogP contribution in [0, 0.1) is 11.8 Å². The van der Waals surface area contributed by atoms with Gasteiger partial charge in [0.05, 0.1) is 19.8 Å². The summed E-state index contributed by atoms with van der Waals surface area (Å²) in [5.74, 6) is 0.278. The highest BCUT2D eigenvalue weighted by atomic mass is 16.6. The molecule has 1 atom stereocenters. The van der Waals surface area contributed by atoms with Gasteiger partial charge in [0.15, 0.2) is 0 Å². The molecule has 5 rings (SSSR count). The molecule has 0 bridgehead atoms. The van der Waals surface area contributed by atoms with Gasteiger partial charge < -0.3 is 30.2 Å². The second kappa shape index (κ2) is 16.2. The summed E-state index contributed by atoms with van der Waals surface area (Å²) in [5, 5.41) is 22.8. The first-order valence-corrected chi connectivity index (χ1v) is 16.5. The van der Waals surface area contributed by atoms with Crippen molar-refractivity contribution in [2.45, 2.75) is 64.5 Å². The number of tetrazole rings is 1. The summed E-state index contributed by atoms with van der Waals surface area (Å²) < 4.78 is 15.9. The zero-order valence-electron chi connectivity index (χ0n) is 28.9. The number of aromatic nitrogens is 6. The van der Waals surface area contributed by atoms with Crippen LogP contribution >= 0.6 is 0 Å². The van der Waals surface area contributed by atoms with Gasteiger partial charge in [0.2, 0.25) is 23.5 Å². The van der Waals surface area contributed by atoms with Crippen LogP contribution in [0.3, 0.4) is 0 Å². The van der Waals surface area contributed by atoms with Crippen LogP contribution < -0.4 is 25.4 Å². The number of hydrogen-bond acceptors (Lipinski definition) is 11. The number of amides is 3. The van der Waals surface area contributed by atoms with Crippen LogP contribution in [0.15, 0.2) is 54.7 Å². The normalized spacial score (nSPS) is 16.5. The topological polar surface area (TPSA) is 195 Å². The summed E-state index contributed by atoms with van der Waals surface area (Å²) in [6.45, 7) is 5.96. The third-order valence-corrected chi connectivity index (χ3v) is 8.35. The van der Waals surface area contributed by atoms with Crippen molar-refractivity contribution >= 4 is 23.6 Å². The molecule has 0 saturated heterocycles. The molecule has 264 valence electrons. The molecule has 3 amide bonds. The number of rotatable bonds is 12. The highest BCUT2D eigenvalue weighted by Gasteiger charge is 2.30. The van der Waals surface area contributed by atoms with Crippen molar-refractivity contribution in [1.29, 1.82) is 0 Å². The van der Waals surface area contributed by atoms with Gasteiger partial charge in [0.25, 0.3) is 0 Å². The van der Waals surface area contributed by atoms with Gasteiger partial charge in [-0.15, -0.1) is 10.2 Å². The van der Waals surface area contributed by atoms with E-state index in [0.717, 1.165) is 29.5 Å². The molecule has 1 saturated carbocycles. The molecule has 4 aromatic rings. The summed E-state index contributed by atoms with van der Waals surface area (Å²) in [5.41, 5.74) is 3.06. The van der Waals surface area contributed by atoms with E-state index in [9.17, 15) is 14.4 Å². The number of carbonyl (C=O) groups is 3. The van der Waals surface area contributed by atoms with E-state index in [4.69, 9.17) is 14.2 Å². The van der Waals surface area contributed by atoms with Gasteiger partial charge in [-0.2, -0.15) is 10.2 Å². The maximum absolute atomic E-state index is 13.7. The Kier molecular flexibility index (Phi) is 11.6. The fourth-order valence-corrected chi connectivity index (χ4v) is 5.74. The number of aromatic amines is 1. The zero-order valence-corrected chi connectivity index (χ0v) is 28.9. The molecule has 1 aliphatic carbocycles. The number of nitrogens with zero attached hydrogens (tertiary/aromatic N) is 5. The number of alkyl carbamates (subject to hydrolysis) is 1. The Morgan fingerprint density at radius 1 is 0.940 bits per heavy atom. The molecule has 1 fully saturated rings. The second-order valence-electron chi connectivity index (χ2n) is 13.1. The molecule has 0 aliphatic heterocycles. The SMILES string of the molecule is COc1ncc(-c2ccc(CC(NC(=O)C3CCC(CNC(=O)OC(C)(C)C)CC3)C(=O)Nc3ccc(-c4nn[nH]n4)cc3)cc2)c(OC)n1. The molecule has 2 aromatic carbocycles. The third kappa shape index (κ3) is 9.74. The summed E-state index contributed by atoms with van der Waals surface area (Å²) in [6.07, 6.45) is 4.29. The second-order valence-corrected chi connectivity index (χ2v) is 13.1. The highest BCUT2D eigenvalue weighted by Crippen LogP contribution is 2.30. The molecule has 0 radical (unpaired) electrons. The first-order chi connectivity index (χ1) is 24.0. The van der Waals surface area contributed by atoms with Crippen molar-refractivity contribution in [3.05, 3.63) is 60.3 Å². The van der Waals surface area contributed by atoms with E-state index in [1.807, 2.05) is 45.0 Å². The standard InChI is InChI=1S/C35H43N9O6/c1-35(2,3)50-34(47)37-19-22-8-12-25(13-9-22)30(45)39-28(31(46)38-26-16-14-24(15-17-26)29-41-43-44-42-29)18-21-6-10-23(11-7-21)27-20-36-33(49-5)40-32(27)48-4/h6-7,10-11,14-17,20,22,25,28H,8-9,12-13,18-19H2,1-5H3,(H,37,47)(H,38,46)(H,39,45)(H,41,42,43,44). The summed E-state index contributed by atoms with van der Waals surface area (Å²) >= 11 is 0. The molecule has 4 N–H and O–H groups in total. The predicted molar refractivity (Wildman–Crippen MR) is 184 cm³/mol. The minimum absolute atomic E-state index is 0.173. The predicted octanol–water partition coefficient (Wildman–Crippen LogP) is 4.34. The lowest BCUT2D eigenvalue weighted by atomic mass is 9.81. The van der Waals surface area contributed by atoms with Crippen LogP contribution in [0.4, 0.5) is 10.5 Å². The molecule has 0 spiro atoms. The van der Waals surface area contributed by atoms with Gasteiger partial charge in [-0.05, 0) is 93.0 Å². The zero-order chi connectivity index (χ0) is 35.7. The van der Waals surface area contributed by atoms with E-state index in [-0.39, 0.29) is 36.1 Å².